The van der Waals surface area contributed by atoms with E-state index in [4.69, 9.17) is 25.6 Å². The second kappa shape index (κ2) is 22.2. The van der Waals surface area contributed by atoms with Gasteiger partial charge in [0.2, 0.25) is 35.4 Å². The molecule has 0 fully saturated rings. The highest BCUT2D eigenvalue weighted by atomic mass is 19.1. The Hall–Kier alpha value is -6.76. The molecule has 1 aromatic carbocycles. The van der Waals surface area contributed by atoms with E-state index in [1.54, 1.807) is 19.9 Å². The Balaban J connectivity index is 0.924. The number of esters is 1. The number of aliphatic hydroxyl groups is 1. The van der Waals surface area contributed by atoms with Crippen molar-refractivity contribution in [2.24, 2.45) is 0 Å². The Morgan fingerprint density at radius 2 is 1.58 bits per heavy atom. The van der Waals surface area contributed by atoms with Crippen molar-refractivity contribution in [2.75, 3.05) is 46.1 Å². The molecule has 21 heteroatoms. The van der Waals surface area contributed by atoms with Crippen LogP contribution in [0.4, 0.5) is 4.39 Å². The minimum Gasteiger partial charge on any atom is -0.458 e. The van der Waals surface area contributed by atoms with Gasteiger partial charge in [0.1, 0.15) is 32.4 Å². The van der Waals surface area contributed by atoms with Crippen LogP contribution in [0.2, 0.25) is 0 Å². The Labute approximate surface area is 384 Å². The van der Waals surface area contributed by atoms with Crippen molar-refractivity contribution in [3.8, 4) is 23.7 Å². The van der Waals surface area contributed by atoms with Gasteiger partial charge in [0.25, 0.3) is 5.56 Å². The molecular weight excluding hydrogens is 876 g/mol. The second-order valence-corrected chi connectivity index (χ2v) is 16.6. The lowest BCUT2D eigenvalue weighted by Gasteiger charge is -2.31. The summed E-state index contributed by atoms with van der Waals surface area (Å²) in [6, 6.07) is 2.27. The lowest BCUT2D eigenvalue weighted by Crippen LogP contribution is -2.46. The number of carbonyl (C=O) groups is 7. The van der Waals surface area contributed by atoms with E-state index in [0.717, 1.165) is 37.7 Å². The number of hydrogen-bond donors (Lipinski definition) is 7. The van der Waals surface area contributed by atoms with E-state index < -0.39 is 90.7 Å². The van der Waals surface area contributed by atoms with Crippen LogP contribution < -0.4 is 37.5 Å². The molecule has 0 bridgehead atoms. The van der Waals surface area contributed by atoms with Crippen LogP contribution in [0.3, 0.4) is 0 Å². The van der Waals surface area contributed by atoms with Gasteiger partial charge in [0, 0.05) is 29.0 Å². The van der Waals surface area contributed by atoms with Crippen molar-refractivity contribution >= 4 is 52.3 Å². The number of hydrogen-bond acceptors (Lipinski definition) is 13. The maximum atomic E-state index is 15.3. The number of aromatic nitrogens is 2. The number of halogens is 1. The third-order valence-corrected chi connectivity index (χ3v) is 12.0. The fourth-order valence-electron chi connectivity index (χ4n) is 8.36. The molecule has 0 spiro atoms. The van der Waals surface area contributed by atoms with E-state index >= 15 is 4.39 Å². The van der Waals surface area contributed by atoms with Gasteiger partial charge in [-0.05, 0) is 68.7 Å². The molecule has 1 aliphatic carbocycles. The smallest absolute Gasteiger partial charge is 0.343 e. The van der Waals surface area contributed by atoms with Crippen LogP contribution in [0.25, 0.3) is 22.3 Å². The number of carbonyl (C=O) groups excluding carboxylic acids is 7. The van der Waals surface area contributed by atoms with E-state index in [-0.39, 0.29) is 56.7 Å². The maximum absolute atomic E-state index is 15.3. The summed E-state index contributed by atoms with van der Waals surface area (Å²) in [7, 11) is 0. The molecule has 67 heavy (non-hydrogen) atoms. The monoisotopic (exact) mass is 930 g/mol. The average Bonchev–Trinajstić information content (AvgIpc) is 3.68. The number of rotatable bonds is 22. The first-order chi connectivity index (χ1) is 32.1. The van der Waals surface area contributed by atoms with Gasteiger partial charge < -0.3 is 55.8 Å². The molecule has 0 saturated carbocycles. The Kier molecular flexibility index (Phi) is 16.4. The number of unbranched alkanes of at least 4 members (excludes halogenated alkanes) is 3. The minimum absolute atomic E-state index is 0.0410. The predicted molar refractivity (Wildman–Crippen MR) is 237 cm³/mol. The standard InChI is InChI=1S/C46H55FN8O12/c1-5-7-8-9-10-11-25(3)66-23-39(60)51-18-37(58)49-16-35(56)48-17-36(57)50-19-38(59)52-24-65-22-40(61)53-32-13-12-27-26(4)31(47)15-33-41(27)42(32)28-20-55-34(43(28)54-33)14-30-29(44(55)62)21-67-45(63)46(30,64)6-2/h1,14-15,25,32,64H,6-13,16-24H2,2-4H3,(H,48,56)(H,49,58)(H,50,57)(H,51,60)(H,52,59)(H,53,61)/t25?,32-,46-/m0/s1. The molecular formula is C46H55FN8O12. The number of aryl methyl sites for hydroxylation is 1. The highest BCUT2D eigenvalue weighted by Crippen LogP contribution is 2.46. The molecule has 3 aromatic rings. The highest BCUT2D eigenvalue weighted by molar-refractivity contribution is 5.94. The molecule has 4 heterocycles. The first-order valence-corrected chi connectivity index (χ1v) is 22.1. The lowest BCUT2D eigenvalue weighted by molar-refractivity contribution is -0.172. The zero-order chi connectivity index (χ0) is 48.4. The number of benzene rings is 1. The summed E-state index contributed by atoms with van der Waals surface area (Å²) in [5, 5.41) is 26.7. The van der Waals surface area contributed by atoms with Crippen LogP contribution in [0.15, 0.2) is 16.9 Å². The summed E-state index contributed by atoms with van der Waals surface area (Å²) in [4.78, 5) is 105. The van der Waals surface area contributed by atoms with Crippen LogP contribution in [0, 0.1) is 25.1 Å². The number of terminal acetylenes is 1. The average molecular weight is 931 g/mol. The van der Waals surface area contributed by atoms with Gasteiger partial charge in [-0.3, -0.25) is 33.6 Å². The van der Waals surface area contributed by atoms with Gasteiger partial charge in [0.05, 0.1) is 67.3 Å². The van der Waals surface area contributed by atoms with Crippen molar-refractivity contribution in [3.05, 3.63) is 61.7 Å². The van der Waals surface area contributed by atoms with Gasteiger partial charge >= 0.3 is 5.97 Å². The first-order valence-electron chi connectivity index (χ1n) is 22.1. The Bertz CT molecular complexity index is 2570. The van der Waals surface area contributed by atoms with Gasteiger partial charge in [-0.15, -0.1) is 12.3 Å². The summed E-state index contributed by atoms with van der Waals surface area (Å²) < 4.78 is 32.8. The fourth-order valence-corrected chi connectivity index (χ4v) is 8.36. The van der Waals surface area contributed by atoms with E-state index in [1.807, 2.05) is 6.92 Å². The number of nitrogens with zero attached hydrogens (tertiary/aromatic N) is 2. The third-order valence-electron chi connectivity index (χ3n) is 12.0. The van der Waals surface area contributed by atoms with E-state index in [2.05, 4.69) is 37.8 Å². The zero-order valence-electron chi connectivity index (χ0n) is 37.6. The molecule has 0 saturated heterocycles. The third kappa shape index (κ3) is 11.6. The van der Waals surface area contributed by atoms with Gasteiger partial charge in [-0.1, -0.05) is 19.8 Å². The van der Waals surface area contributed by atoms with Crippen molar-refractivity contribution < 1.29 is 57.3 Å². The molecule has 1 unspecified atom stereocenters. The van der Waals surface area contributed by atoms with Crippen molar-refractivity contribution in [3.63, 3.8) is 0 Å². The summed E-state index contributed by atoms with van der Waals surface area (Å²) in [5.41, 5.74) is 1.25. The topological polar surface area (TPSA) is 274 Å². The molecule has 6 amide bonds. The molecule has 6 rings (SSSR count). The Morgan fingerprint density at radius 1 is 0.925 bits per heavy atom. The van der Waals surface area contributed by atoms with Crippen molar-refractivity contribution in [2.45, 2.75) is 103 Å². The maximum Gasteiger partial charge on any atom is 0.343 e. The first kappa shape index (κ1) is 49.7. The number of nitrogens with one attached hydrogen (secondary N) is 6. The van der Waals surface area contributed by atoms with E-state index in [0.29, 0.717) is 51.8 Å². The molecule has 20 nitrogen and oxygen atoms in total. The van der Waals surface area contributed by atoms with Crippen molar-refractivity contribution in [1.82, 2.24) is 41.5 Å². The largest absolute Gasteiger partial charge is 0.458 e. The number of cyclic esters (lactones) is 1. The normalized spacial score (nSPS) is 16.9. The zero-order valence-corrected chi connectivity index (χ0v) is 37.6. The SMILES string of the molecule is C#CCCCCCC(C)OCC(=O)NCC(=O)NCC(=O)NCC(=O)NCC(=O)NCOCC(=O)N[C@H]1CCc2c(C)c(F)cc3nc4c(c1c23)Cn1c-4cc2c(c1=O)COC(=O)[C@]2(O)CC. The van der Waals surface area contributed by atoms with Crippen LogP contribution in [0.5, 0.6) is 0 Å². The van der Waals surface area contributed by atoms with Gasteiger partial charge in [-0.25, -0.2) is 14.2 Å². The second-order valence-electron chi connectivity index (χ2n) is 16.6. The molecule has 0 radical (unpaired) electrons. The fraction of sp³-hybridized carbons (Fsp3) is 0.500. The van der Waals surface area contributed by atoms with E-state index in [1.165, 1.54) is 10.6 Å². The number of ether oxygens (including phenoxy) is 3. The Morgan fingerprint density at radius 3 is 2.24 bits per heavy atom. The van der Waals surface area contributed by atoms with Gasteiger partial charge in [-0.2, -0.15) is 0 Å². The molecule has 358 valence electrons. The number of pyridine rings is 2. The lowest BCUT2D eigenvalue weighted by atomic mass is 9.81. The minimum atomic E-state index is -2.04. The summed E-state index contributed by atoms with van der Waals surface area (Å²) in [6.45, 7) is 1.98. The summed E-state index contributed by atoms with van der Waals surface area (Å²) in [5.74, 6) is -2.45. The number of fused-ring (bicyclic) bond motifs is 5. The van der Waals surface area contributed by atoms with Crippen LogP contribution in [-0.2, 0) is 72.9 Å². The van der Waals surface area contributed by atoms with Crippen molar-refractivity contribution in [1.29, 1.82) is 0 Å². The van der Waals surface area contributed by atoms with E-state index in [9.17, 15) is 43.5 Å². The molecule has 3 atom stereocenters. The molecule has 2 aliphatic heterocycles. The molecule has 3 aliphatic rings. The number of amides is 6. The highest BCUT2D eigenvalue weighted by Gasteiger charge is 2.46. The quantitative estimate of drug-likeness (QED) is 0.0240. The van der Waals surface area contributed by atoms with Crippen LogP contribution in [-0.4, -0.2) is 108 Å². The summed E-state index contributed by atoms with van der Waals surface area (Å²) >= 11 is 0. The van der Waals surface area contributed by atoms with Crippen LogP contribution >= 0.6 is 0 Å². The molecule has 7 N–H and O–H groups in total. The molecule has 2 aromatic heterocycles. The predicted octanol–water partition coefficient (Wildman–Crippen LogP) is 0.175. The summed E-state index contributed by atoms with van der Waals surface area (Å²) in [6.07, 6.45) is 10.2. The van der Waals surface area contributed by atoms with Crippen LogP contribution in [0.1, 0.15) is 98.2 Å². The van der Waals surface area contributed by atoms with Gasteiger partial charge in [0.15, 0.2) is 5.60 Å².